The normalized spacial score (nSPS) is 11.8. The third-order valence-corrected chi connectivity index (χ3v) is 12.8. The molecule has 0 saturated heterocycles. The van der Waals surface area contributed by atoms with E-state index in [0.29, 0.717) is 0 Å². The van der Waals surface area contributed by atoms with Gasteiger partial charge in [0.15, 0.2) is 0 Å². The van der Waals surface area contributed by atoms with E-state index in [1.54, 1.807) is 0 Å². The smallest absolute Gasteiger partial charge is 0.143 e. The first-order valence-electron chi connectivity index (χ1n) is 21.5. The Kier molecular flexibility index (Phi) is 7.91. The van der Waals surface area contributed by atoms with Crippen molar-refractivity contribution in [3.8, 4) is 33.4 Å². The molecule has 0 radical (unpaired) electrons. The third-order valence-electron chi connectivity index (χ3n) is 12.8. The maximum absolute atomic E-state index is 6.77. The number of fused-ring (bicyclic) bond motifs is 10. The number of nitrogens with zero attached hydrogens (tertiary/aromatic N) is 1. The quantitative estimate of drug-likeness (QED) is 0.157. The maximum atomic E-state index is 6.77. The van der Waals surface area contributed by atoms with Crippen molar-refractivity contribution < 1.29 is 8.83 Å². The SMILES string of the molecule is c1cc(-c2cccc3c2oc2ccccc23)cc(N(c2ccccc2-c2cccc3c2oc2ccccc23)c2c(-c3cccc4ccccc34)c3ccccc3c3ccccc23)c1. The summed E-state index contributed by atoms with van der Waals surface area (Å²) in [5, 5.41) is 11.6. The number of anilines is 3. The molecule has 294 valence electrons. The van der Waals surface area contributed by atoms with Crippen LogP contribution in [0, 0.1) is 0 Å². The highest BCUT2D eigenvalue weighted by molar-refractivity contribution is 6.25. The van der Waals surface area contributed by atoms with Gasteiger partial charge in [-0.05, 0) is 68.4 Å². The highest BCUT2D eigenvalue weighted by atomic mass is 16.3. The van der Waals surface area contributed by atoms with Crippen molar-refractivity contribution in [3.63, 3.8) is 0 Å². The summed E-state index contributed by atoms with van der Waals surface area (Å²) in [6, 6.07) is 80.6. The van der Waals surface area contributed by atoms with E-state index in [4.69, 9.17) is 8.83 Å². The fraction of sp³-hybridized carbons (Fsp3) is 0. The van der Waals surface area contributed by atoms with Gasteiger partial charge in [0.2, 0.25) is 0 Å². The highest BCUT2D eigenvalue weighted by Crippen LogP contribution is 2.53. The predicted molar refractivity (Wildman–Crippen MR) is 265 cm³/mol. The van der Waals surface area contributed by atoms with Crippen molar-refractivity contribution in [1.82, 2.24) is 0 Å². The van der Waals surface area contributed by atoms with Crippen molar-refractivity contribution in [3.05, 3.63) is 224 Å². The molecule has 0 unspecified atom stereocenters. The summed E-state index contributed by atoms with van der Waals surface area (Å²) in [6.07, 6.45) is 0. The van der Waals surface area contributed by atoms with Crippen molar-refractivity contribution in [1.29, 1.82) is 0 Å². The van der Waals surface area contributed by atoms with Crippen LogP contribution in [0.4, 0.5) is 17.1 Å². The zero-order valence-corrected chi connectivity index (χ0v) is 34.1. The number of rotatable bonds is 6. The summed E-state index contributed by atoms with van der Waals surface area (Å²) in [5.41, 5.74) is 13.2. The minimum absolute atomic E-state index is 0.870. The van der Waals surface area contributed by atoms with Crippen LogP contribution in [-0.2, 0) is 0 Å². The molecule has 3 nitrogen and oxygen atoms in total. The first kappa shape index (κ1) is 35.4. The zero-order chi connectivity index (χ0) is 41.4. The molecule has 0 saturated carbocycles. The summed E-state index contributed by atoms with van der Waals surface area (Å²) >= 11 is 0. The van der Waals surface area contributed by atoms with Gasteiger partial charge in [0.05, 0.1) is 11.4 Å². The lowest BCUT2D eigenvalue weighted by Crippen LogP contribution is -2.13. The van der Waals surface area contributed by atoms with Gasteiger partial charge in [0.25, 0.3) is 0 Å². The minimum Gasteiger partial charge on any atom is -0.455 e. The van der Waals surface area contributed by atoms with E-state index in [1.165, 1.54) is 38.1 Å². The monoisotopic (exact) mass is 803 g/mol. The van der Waals surface area contributed by atoms with Crippen LogP contribution >= 0.6 is 0 Å². The van der Waals surface area contributed by atoms with Gasteiger partial charge in [-0.1, -0.05) is 194 Å². The lowest BCUT2D eigenvalue weighted by Gasteiger charge is -2.32. The third kappa shape index (κ3) is 5.46. The summed E-state index contributed by atoms with van der Waals surface area (Å²) in [6.45, 7) is 0. The lowest BCUT2D eigenvalue weighted by molar-refractivity contribution is 0.669. The molecule has 11 aromatic carbocycles. The Labute approximate surface area is 363 Å². The van der Waals surface area contributed by atoms with Crippen LogP contribution in [0.1, 0.15) is 0 Å². The second kappa shape index (κ2) is 14.1. The number of benzene rings is 11. The molecule has 0 aliphatic heterocycles. The Morgan fingerprint density at radius 1 is 0.302 bits per heavy atom. The van der Waals surface area contributed by atoms with E-state index in [0.717, 1.165) is 88.6 Å². The second-order valence-corrected chi connectivity index (χ2v) is 16.3. The first-order chi connectivity index (χ1) is 31.3. The molecule has 2 aromatic heterocycles. The minimum atomic E-state index is 0.870. The molecule has 13 aromatic rings. The zero-order valence-electron chi connectivity index (χ0n) is 34.1. The summed E-state index contributed by atoms with van der Waals surface area (Å²) in [4.78, 5) is 2.50. The number of hydrogen-bond donors (Lipinski definition) is 0. The number of furan rings is 2. The fourth-order valence-electron chi connectivity index (χ4n) is 10.1. The van der Waals surface area contributed by atoms with Gasteiger partial charge in [0, 0.05) is 54.9 Å². The molecular weight excluding hydrogens is 767 g/mol. The van der Waals surface area contributed by atoms with Gasteiger partial charge in [0.1, 0.15) is 22.3 Å². The molecular formula is C60H37NO2. The van der Waals surface area contributed by atoms with Crippen LogP contribution in [0.2, 0.25) is 0 Å². The van der Waals surface area contributed by atoms with E-state index < -0.39 is 0 Å². The van der Waals surface area contributed by atoms with E-state index in [-0.39, 0.29) is 0 Å². The van der Waals surface area contributed by atoms with Crippen molar-refractivity contribution >= 4 is 93.3 Å². The Hall–Kier alpha value is -8.40. The second-order valence-electron chi connectivity index (χ2n) is 16.3. The van der Waals surface area contributed by atoms with Gasteiger partial charge in [-0.25, -0.2) is 0 Å². The predicted octanol–water partition coefficient (Wildman–Crippen LogP) is 17.4. The van der Waals surface area contributed by atoms with Gasteiger partial charge in [-0.15, -0.1) is 0 Å². The van der Waals surface area contributed by atoms with Crippen LogP contribution in [0.3, 0.4) is 0 Å². The molecule has 13 rings (SSSR count). The van der Waals surface area contributed by atoms with Crippen molar-refractivity contribution in [2.75, 3.05) is 4.90 Å². The summed E-state index contributed by atoms with van der Waals surface area (Å²) in [5.74, 6) is 0. The largest absolute Gasteiger partial charge is 0.455 e. The standard InChI is InChI=1S/C60H37NO2/c1-2-21-41-38(17-1)18-14-30-48(41)57-49-27-5-3-22-43(49)44-23-4-6-28-50(44)58(57)61(40-20-13-19-39(37-40)42-29-15-32-52-46-25-8-11-35-55(46)62-59(42)52)54-34-10-7-24-45(54)51-31-16-33-53-47-26-9-12-36-56(47)63-60(51)53/h1-37H. The molecule has 0 N–H and O–H groups in total. The first-order valence-corrected chi connectivity index (χ1v) is 21.5. The molecule has 0 amide bonds. The summed E-state index contributed by atoms with van der Waals surface area (Å²) < 4.78 is 13.4. The van der Waals surface area contributed by atoms with Crippen LogP contribution < -0.4 is 4.90 Å². The number of hydrogen-bond acceptors (Lipinski definition) is 3. The van der Waals surface area contributed by atoms with Gasteiger partial charge in [-0.2, -0.15) is 0 Å². The molecule has 0 bridgehead atoms. The Morgan fingerprint density at radius 3 is 1.52 bits per heavy atom. The molecule has 3 heteroatoms. The molecule has 0 atom stereocenters. The van der Waals surface area contributed by atoms with Gasteiger partial charge >= 0.3 is 0 Å². The topological polar surface area (TPSA) is 29.5 Å². The molecule has 0 aliphatic rings. The van der Waals surface area contributed by atoms with Crippen LogP contribution in [0.15, 0.2) is 233 Å². The Morgan fingerprint density at radius 2 is 0.778 bits per heavy atom. The van der Waals surface area contributed by atoms with E-state index in [9.17, 15) is 0 Å². The van der Waals surface area contributed by atoms with Gasteiger partial charge in [-0.3, -0.25) is 0 Å². The van der Waals surface area contributed by atoms with E-state index >= 15 is 0 Å². The van der Waals surface area contributed by atoms with E-state index in [1.807, 2.05) is 12.1 Å². The Balaban J connectivity index is 1.17. The molecule has 2 heterocycles. The van der Waals surface area contributed by atoms with Gasteiger partial charge < -0.3 is 13.7 Å². The lowest BCUT2D eigenvalue weighted by atomic mass is 9.87. The summed E-state index contributed by atoms with van der Waals surface area (Å²) in [7, 11) is 0. The molecule has 0 fully saturated rings. The van der Waals surface area contributed by atoms with E-state index in [2.05, 4.69) is 217 Å². The average Bonchev–Trinajstić information content (AvgIpc) is 3.93. The maximum Gasteiger partial charge on any atom is 0.143 e. The van der Waals surface area contributed by atoms with Crippen molar-refractivity contribution in [2.45, 2.75) is 0 Å². The number of para-hydroxylation sites is 5. The van der Waals surface area contributed by atoms with Crippen LogP contribution in [0.25, 0.3) is 110 Å². The average molecular weight is 804 g/mol. The molecule has 63 heavy (non-hydrogen) atoms. The molecule has 0 aliphatic carbocycles. The van der Waals surface area contributed by atoms with Crippen molar-refractivity contribution in [2.24, 2.45) is 0 Å². The fourth-order valence-corrected chi connectivity index (χ4v) is 10.1. The highest BCUT2D eigenvalue weighted by Gasteiger charge is 2.27. The molecule has 0 spiro atoms. The Bertz CT molecular complexity index is 3940. The van der Waals surface area contributed by atoms with Crippen LogP contribution in [0.5, 0.6) is 0 Å². The van der Waals surface area contributed by atoms with Crippen LogP contribution in [-0.4, -0.2) is 0 Å².